The Morgan fingerprint density at radius 3 is 2.60 bits per heavy atom. The lowest BCUT2D eigenvalue weighted by Crippen LogP contribution is -2.19. The number of nitrogens with zero attached hydrogens (tertiary/aromatic N) is 1. The molecule has 1 amide bonds. The molecule has 0 aliphatic carbocycles. The molecule has 0 bridgehead atoms. The van der Waals surface area contributed by atoms with Crippen LogP contribution in [-0.2, 0) is 9.63 Å². The molecule has 3 N–H and O–H groups in total. The summed E-state index contributed by atoms with van der Waals surface area (Å²) in [5.41, 5.74) is 6.37. The number of benzene rings is 1. The first-order chi connectivity index (χ1) is 9.51. The molecule has 0 spiro atoms. The van der Waals surface area contributed by atoms with E-state index in [-0.39, 0.29) is 12.5 Å². The van der Waals surface area contributed by atoms with Gasteiger partial charge < -0.3 is 15.9 Å². The van der Waals surface area contributed by atoms with Gasteiger partial charge in [-0.1, -0.05) is 19.0 Å². The lowest BCUT2D eigenvalue weighted by Gasteiger charge is -2.06. The van der Waals surface area contributed by atoms with Gasteiger partial charge in [0, 0.05) is 17.0 Å². The van der Waals surface area contributed by atoms with E-state index < -0.39 is 0 Å². The number of thioether (sulfide) groups is 1. The molecular weight excluding hydrogens is 274 g/mol. The topological polar surface area (TPSA) is 76.7 Å². The number of nitrogens with one attached hydrogen (secondary N) is 1. The zero-order valence-corrected chi connectivity index (χ0v) is 12.9. The van der Waals surface area contributed by atoms with Gasteiger partial charge in [-0.2, -0.15) is 0 Å². The summed E-state index contributed by atoms with van der Waals surface area (Å²) >= 11 is 1.65. The molecule has 0 saturated heterocycles. The Balaban J connectivity index is 2.36. The van der Waals surface area contributed by atoms with E-state index in [1.165, 1.54) is 0 Å². The smallest absolute Gasteiger partial charge is 0.265 e. The highest BCUT2D eigenvalue weighted by atomic mass is 32.2. The van der Waals surface area contributed by atoms with Gasteiger partial charge in [-0.15, -0.1) is 11.8 Å². The summed E-state index contributed by atoms with van der Waals surface area (Å²) in [5, 5.41) is 6.43. The molecule has 1 aromatic carbocycles. The number of hydrogen-bond donors (Lipinski definition) is 2. The van der Waals surface area contributed by atoms with Crippen LogP contribution in [-0.4, -0.2) is 24.6 Å². The van der Waals surface area contributed by atoms with Gasteiger partial charge in [-0.25, -0.2) is 0 Å². The number of oxime groups is 1. The second-order valence-corrected chi connectivity index (χ2v) is 5.61. The third kappa shape index (κ3) is 6.47. The highest BCUT2D eigenvalue weighted by Gasteiger charge is 2.04. The molecule has 0 aliphatic heterocycles. The lowest BCUT2D eigenvalue weighted by atomic mass is 10.1. The molecule has 0 unspecified atom stereocenters. The molecule has 110 valence electrons. The molecular formula is C14H21N3O2S. The van der Waals surface area contributed by atoms with Crippen LogP contribution < -0.4 is 11.1 Å². The van der Waals surface area contributed by atoms with E-state index in [9.17, 15) is 4.79 Å². The molecule has 0 aromatic heterocycles. The third-order valence-corrected chi connectivity index (χ3v) is 3.11. The summed E-state index contributed by atoms with van der Waals surface area (Å²) in [4.78, 5) is 17.7. The summed E-state index contributed by atoms with van der Waals surface area (Å²) in [7, 11) is 0. The highest BCUT2D eigenvalue weighted by Crippen LogP contribution is 2.17. The summed E-state index contributed by atoms with van der Waals surface area (Å²) in [6.45, 7) is 3.92. The number of hydrogen-bond acceptors (Lipinski definition) is 4. The van der Waals surface area contributed by atoms with Gasteiger partial charge in [-0.3, -0.25) is 4.79 Å². The molecule has 5 nitrogen and oxygen atoms in total. The Hall–Kier alpha value is -1.69. The minimum Gasteiger partial charge on any atom is -0.384 e. The van der Waals surface area contributed by atoms with E-state index in [0.29, 0.717) is 18.2 Å². The third-order valence-electron chi connectivity index (χ3n) is 2.37. The maximum absolute atomic E-state index is 11.6. The summed E-state index contributed by atoms with van der Waals surface area (Å²) in [5.74, 6) is 0.547. The van der Waals surface area contributed by atoms with Gasteiger partial charge >= 0.3 is 0 Å². The minimum atomic E-state index is -0.261. The van der Waals surface area contributed by atoms with Crippen molar-refractivity contribution >= 4 is 29.2 Å². The Kier molecular flexibility index (Phi) is 6.93. The van der Waals surface area contributed by atoms with E-state index in [4.69, 9.17) is 10.6 Å². The van der Waals surface area contributed by atoms with E-state index in [1.807, 2.05) is 44.4 Å². The minimum absolute atomic E-state index is 0.150. The molecule has 0 saturated carbocycles. The van der Waals surface area contributed by atoms with Gasteiger partial charge in [0.1, 0.15) is 5.84 Å². The number of nitrogens with two attached hydrogens (primary N) is 1. The monoisotopic (exact) mass is 295 g/mol. The van der Waals surface area contributed by atoms with Gasteiger partial charge in [0.25, 0.3) is 5.91 Å². The zero-order chi connectivity index (χ0) is 15.0. The Morgan fingerprint density at radius 2 is 2.05 bits per heavy atom. The van der Waals surface area contributed by atoms with Gasteiger partial charge in [0.15, 0.2) is 6.61 Å². The molecule has 0 radical (unpaired) electrons. The van der Waals surface area contributed by atoms with Crippen molar-refractivity contribution in [3.8, 4) is 0 Å². The fourth-order valence-corrected chi connectivity index (χ4v) is 1.91. The van der Waals surface area contributed by atoms with Crippen molar-refractivity contribution in [3.63, 3.8) is 0 Å². The Labute approximate surface area is 123 Å². The number of carbonyl (C=O) groups excluding carboxylic acids is 1. The van der Waals surface area contributed by atoms with Crippen LogP contribution in [0.2, 0.25) is 0 Å². The Bertz CT molecular complexity index is 458. The fourth-order valence-electron chi connectivity index (χ4n) is 1.50. The number of amidine groups is 1. The predicted molar refractivity (Wildman–Crippen MR) is 83.9 cm³/mol. The molecule has 1 rings (SSSR count). The lowest BCUT2D eigenvalue weighted by molar-refractivity contribution is -0.120. The van der Waals surface area contributed by atoms with Crippen molar-refractivity contribution in [2.24, 2.45) is 16.8 Å². The molecule has 6 heteroatoms. The molecule has 1 aromatic rings. The first-order valence-electron chi connectivity index (χ1n) is 6.39. The van der Waals surface area contributed by atoms with E-state index >= 15 is 0 Å². The molecule has 0 fully saturated rings. The van der Waals surface area contributed by atoms with Crippen molar-refractivity contribution in [3.05, 3.63) is 24.3 Å². The van der Waals surface area contributed by atoms with Crippen molar-refractivity contribution in [2.45, 2.75) is 25.2 Å². The second kappa shape index (κ2) is 8.47. The molecule has 0 aliphatic rings. The van der Waals surface area contributed by atoms with E-state index in [0.717, 1.165) is 10.6 Å². The van der Waals surface area contributed by atoms with Gasteiger partial charge in [-0.05, 0) is 36.4 Å². The van der Waals surface area contributed by atoms with Crippen molar-refractivity contribution < 1.29 is 9.63 Å². The fraction of sp³-hybridized carbons (Fsp3) is 0.429. The van der Waals surface area contributed by atoms with Crippen molar-refractivity contribution in [2.75, 3.05) is 18.2 Å². The number of amides is 1. The van der Waals surface area contributed by atoms with Crippen LogP contribution in [0.4, 0.5) is 5.69 Å². The van der Waals surface area contributed by atoms with Crippen LogP contribution in [0.1, 0.15) is 20.3 Å². The zero-order valence-electron chi connectivity index (χ0n) is 12.1. The number of carbonyl (C=O) groups is 1. The van der Waals surface area contributed by atoms with Gasteiger partial charge in [0.05, 0.1) is 0 Å². The first kappa shape index (κ1) is 16.4. The van der Waals surface area contributed by atoms with Gasteiger partial charge in [0.2, 0.25) is 0 Å². The maximum atomic E-state index is 11.6. The van der Waals surface area contributed by atoms with Crippen LogP contribution >= 0.6 is 11.8 Å². The second-order valence-electron chi connectivity index (χ2n) is 4.73. The first-order valence-corrected chi connectivity index (χ1v) is 7.62. The standard InChI is InChI=1S/C14H21N3O2S/c1-10(2)8-13(15)17-19-9-14(18)16-11-4-6-12(20-3)7-5-11/h4-7,10H,8-9H2,1-3H3,(H2,15,17)(H,16,18). The van der Waals surface area contributed by atoms with Crippen LogP contribution in [0.25, 0.3) is 0 Å². The maximum Gasteiger partial charge on any atom is 0.265 e. The summed E-state index contributed by atoms with van der Waals surface area (Å²) in [6.07, 6.45) is 2.65. The average molecular weight is 295 g/mol. The SMILES string of the molecule is CSc1ccc(NC(=O)CO/N=C(/N)CC(C)C)cc1. The predicted octanol–water partition coefficient (Wildman–Crippen LogP) is 2.68. The summed E-state index contributed by atoms with van der Waals surface area (Å²) in [6, 6.07) is 7.58. The van der Waals surface area contributed by atoms with Crippen LogP contribution in [0.3, 0.4) is 0 Å². The molecule has 0 atom stereocenters. The summed E-state index contributed by atoms with van der Waals surface area (Å²) < 4.78 is 0. The molecule has 0 heterocycles. The average Bonchev–Trinajstić information content (AvgIpc) is 2.38. The van der Waals surface area contributed by atoms with E-state index in [1.54, 1.807) is 11.8 Å². The van der Waals surface area contributed by atoms with Crippen molar-refractivity contribution in [1.29, 1.82) is 0 Å². The molecule has 20 heavy (non-hydrogen) atoms. The number of anilines is 1. The Morgan fingerprint density at radius 1 is 1.40 bits per heavy atom. The quantitative estimate of drug-likeness (QED) is 0.351. The van der Waals surface area contributed by atoms with Crippen LogP contribution in [0, 0.1) is 5.92 Å². The van der Waals surface area contributed by atoms with Crippen LogP contribution in [0.5, 0.6) is 0 Å². The number of rotatable bonds is 7. The normalized spacial score (nSPS) is 11.5. The largest absolute Gasteiger partial charge is 0.384 e. The highest BCUT2D eigenvalue weighted by molar-refractivity contribution is 7.98. The van der Waals surface area contributed by atoms with E-state index in [2.05, 4.69) is 10.5 Å². The van der Waals surface area contributed by atoms with Crippen molar-refractivity contribution in [1.82, 2.24) is 0 Å². The van der Waals surface area contributed by atoms with Crippen LogP contribution in [0.15, 0.2) is 34.3 Å².